The summed E-state index contributed by atoms with van der Waals surface area (Å²) in [6, 6.07) is 2.20. The minimum absolute atomic E-state index is 1.01. The van der Waals surface area contributed by atoms with E-state index in [2.05, 4.69) is 29.5 Å². The van der Waals surface area contributed by atoms with Crippen molar-refractivity contribution >= 4 is 6.08 Å². The smallest absolute Gasteiger partial charge is 0.0628 e. The second kappa shape index (κ2) is 5.30. The van der Waals surface area contributed by atoms with Crippen molar-refractivity contribution in [2.45, 2.75) is 32.6 Å². The fourth-order valence-corrected chi connectivity index (χ4v) is 2.14. The van der Waals surface area contributed by atoms with E-state index in [-0.39, 0.29) is 0 Å². The van der Waals surface area contributed by atoms with Gasteiger partial charge >= 0.3 is 0 Å². The van der Waals surface area contributed by atoms with Gasteiger partial charge in [0.15, 0.2) is 0 Å². The quantitative estimate of drug-likeness (QED) is 0.826. The Morgan fingerprint density at radius 3 is 3.06 bits per heavy atom. The minimum atomic E-state index is 1.01. The summed E-state index contributed by atoms with van der Waals surface area (Å²) in [4.78, 5) is 0. The summed E-state index contributed by atoms with van der Waals surface area (Å²) in [7, 11) is 2.03. The van der Waals surface area contributed by atoms with Gasteiger partial charge in [0.2, 0.25) is 0 Å². The summed E-state index contributed by atoms with van der Waals surface area (Å²) in [5, 5.41) is 7.91. The topological polar surface area (TPSA) is 29.9 Å². The Labute approximate surface area is 97.5 Å². The van der Waals surface area contributed by atoms with Crippen LogP contribution in [-0.2, 0) is 13.5 Å². The Morgan fingerprint density at radius 1 is 1.44 bits per heavy atom. The summed E-state index contributed by atoms with van der Waals surface area (Å²) >= 11 is 0. The predicted molar refractivity (Wildman–Crippen MR) is 67.3 cm³/mol. The number of hydrogen-bond donors (Lipinski definition) is 1. The molecule has 0 aromatic carbocycles. The SMILES string of the molecule is CCc1cc(/C=C2/CCCNCC2)n(C)n1. The fourth-order valence-electron chi connectivity index (χ4n) is 2.14. The summed E-state index contributed by atoms with van der Waals surface area (Å²) in [6.07, 6.45) is 6.98. The van der Waals surface area contributed by atoms with E-state index in [0.29, 0.717) is 0 Å². The predicted octanol–water partition coefficient (Wildman–Crippen LogP) is 2.14. The zero-order valence-electron chi connectivity index (χ0n) is 10.3. The van der Waals surface area contributed by atoms with Crippen molar-refractivity contribution in [3.05, 3.63) is 23.0 Å². The molecule has 2 rings (SSSR count). The van der Waals surface area contributed by atoms with E-state index in [0.717, 1.165) is 19.5 Å². The Kier molecular flexibility index (Phi) is 3.78. The van der Waals surface area contributed by atoms with Crippen molar-refractivity contribution in [1.82, 2.24) is 15.1 Å². The molecule has 3 heteroatoms. The van der Waals surface area contributed by atoms with Gasteiger partial charge < -0.3 is 5.32 Å². The van der Waals surface area contributed by atoms with Crippen LogP contribution in [0.2, 0.25) is 0 Å². The summed E-state index contributed by atoms with van der Waals surface area (Å²) < 4.78 is 1.99. The van der Waals surface area contributed by atoms with Crippen LogP contribution in [0.4, 0.5) is 0 Å². The minimum Gasteiger partial charge on any atom is -0.316 e. The molecule has 1 N–H and O–H groups in total. The summed E-state index contributed by atoms with van der Waals surface area (Å²) in [5.41, 5.74) is 3.98. The van der Waals surface area contributed by atoms with Crippen LogP contribution < -0.4 is 5.32 Å². The average molecular weight is 219 g/mol. The number of aromatic nitrogens is 2. The van der Waals surface area contributed by atoms with Crippen LogP contribution in [0, 0.1) is 0 Å². The molecular weight excluding hydrogens is 198 g/mol. The van der Waals surface area contributed by atoms with E-state index >= 15 is 0 Å². The van der Waals surface area contributed by atoms with Crippen molar-refractivity contribution in [3.63, 3.8) is 0 Å². The van der Waals surface area contributed by atoms with Gasteiger partial charge in [-0.25, -0.2) is 0 Å². The molecule has 1 aromatic heterocycles. The zero-order valence-corrected chi connectivity index (χ0v) is 10.3. The first kappa shape index (κ1) is 11.4. The maximum atomic E-state index is 4.47. The molecule has 88 valence electrons. The molecule has 1 saturated heterocycles. The molecule has 3 nitrogen and oxygen atoms in total. The summed E-state index contributed by atoms with van der Waals surface area (Å²) in [5.74, 6) is 0. The number of rotatable bonds is 2. The molecule has 1 fully saturated rings. The average Bonchev–Trinajstić information content (AvgIpc) is 2.51. The number of hydrogen-bond acceptors (Lipinski definition) is 2. The lowest BCUT2D eigenvalue weighted by Gasteiger charge is -2.02. The molecule has 0 bridgehead atoms. The molecule has 0 radical (unpaired) electrons. The Bertz CT molecular complexity index is 367. The lowest BCUT2D eigenvalue weighted by atomic mass is 10.1. The van der Waals surface area contributed by atoms with Crippen molar-refractivity contribution in [2.75, 3.05) is 13.1 Å². The molecule has 16 heavy (non-hydrogen) atoms. The second-order valence-corrected chi connectivity index (χ2v) is 4.44. The highest BCUT2D eigenvalue weighted by Gasteiger charge is 2.06. The van der Waals surface area contributed by atoms with E-state index in [1.54, 1.807) is 5.57 Å². The van der Waals surface area contributed by atoms with Crippen molar-refractivity contribution in [1.29, 1.82) is 0 Å². The standard InChI is InChI=1S/C13H21N3/c1-3-12-10-13(16(2)15-12)9-11-5-4-7-14-8-6-11/h9-10,14H,3-8H2,1-2H3/b11-9-. The number of aryl methyl sites for hydroxylation is 2. The number of nitrogens with zero attached hydrogens (tertiary/aromatic N) is 2. The van der Waals surface area contributed by atoms with E-state index in [9.17, 15) is 0 Å². The Morgan fingerprint density at radius 2 is 2.31 bits per heavy atom. The lowest BCUT2D eigenvalue weighted by molar-refractivity contribution is 0.703. The third-order valence-corrected chi connectivity index (χ3v) is 3.16. The summed E-state index contributed by atoms with van der Waals surface area (Å²) in [6.45, 7) is 4.42. The third kappa shape index (κ3) is 2.73. The zero-order chi connectivity index (χ0) is 11.4. The molecule has 0 unspecified atom stereocenters. The highest BCUT2D eigenvalue weighted by Crippen LogP contribution is 2.17. The van der Waals surface area contributed by atoms with Gasteiger partial charge in [0.05, 0.1) is 11.4 Å². The molecule has 1 aliphatic heterocycles. The monoisotopic (exact) mass is 219 g/mol. The first-order chi connectivity index (χ1) is 7.79. The van der Waals surface area contributed by atoms with Crippen molar-refractivity contribution < 1.29 is 0 Å². The molecule has 0 saturated carbocycles. The molecule has 1 aromatic rings. The van der Waals surface area contributed by atoms with Gasteiger partial charge in [0.1, 0.15) is 0 Å². The van der Waals surface area contributed by atoms with Crippen LogP contribution in [0.1, 0.15) is 37.6 Å². The third-order valence-electron chi connectivity index (χ3n) is 3.16. The van der Waals surface area contributed by atoms with Gasteiger partial charge in [-0.15, -0.1) is 0 Å². The van der Waals surface area contributed by atoms with Gasteiger partial charge in [-0.2, -0.15) is 5.10 Å². The van der Waals surface area contributed by atoms with Crippen molar-refractivity contribution in [2.24, 2.45) is 7.05 Å². The first-order valence-corrected chi connectivity index (χ1v) is 6.22. The van der Waals surface area contributed by atoms with Crippen LogP contribution in [0.15, 0.2) is 11.6 Å². The molecule has 0 amide bonds. The highest BCUT2D eigenvalue weighted by molar-refractivity contribution is 5.50. The second-order valence-electron chi connectivity index (χ2n) is 4.44. The van der Waals surface area contributed by atoms with Gasteiger partial charge in [-0.3, -0.25) is 4.68 Å². The lowest BCUT2D eigenvalue weighted by Crippen LogP contribution is -2.13. The van der Waals surface area contributed by atoms with Crippen LogP contribution in [0.25, 0.3) is 6.08 Å². The van der Waals surface area contributed by atoms with Crippen LogP contribution in [-0.4, -0.2) is 22.9 Å². The molecule has 0 aliphatic carbocycles. The van der Waals surface area contributed by atoms with Crippen LogP contribution in [0.3, 0.4) is 0 Å². The first-order valence-electron chi connectivity index (χ1n) is 6.22. The van der Waals surface area contributed by atoms with Gasteiger partial charge in [-0.05, 0) is 50.9 Å². The van der Waals surface area contributed by atoms with Crippen LogP contribution >= 0.6 is 0 Å². The Hall–Kier alpha value is -1.09. The fraction of sp³-hybridized carbons (Fsp3) is 0.615. The van der Waals surface area contributed by atoms with Gasteiger partial charge in [-0.1, -0.05) is 12.5 Å². The molecule has 1 aliphatic rings. The molecular formula is C13H21N3. The Balaban J connectivity index is 2.16. The highest BCUT2D eigenvalue weighted by atomic mass is 15.3. The van der Waals surface area contributed by atoms with Gasteiger partial charge in [0, 0.05) is 7.05 Å². The van der Waals surface area contributed by atoms with E-state index < -0.39 is 0 Å². The molecule has 0 atom stereocenters. The van der Waals surface area contributed by atoms with Crippen LogP contribution in [0.5, 0.6) is 0 Å². The van der Waals surface area contributed by atoms with E-state index in [4.69, 9.17) is 0 Å². The normalized spacial score (nSPS) is 20.0. The molecule has 2 heterocycles. The number of nitrogens with one attached hydrogen (secondary N) is 1. The maximum absolute atomic E-state index is 4.47. The van der Waals surface area contributed by atoms with Crippen molar-refractivity contribution in [3.8, 4) is 0 Å². The van der Waals surface area contributed by atoms with Gasteiger partial charge in [0.25, 0.3) is 0 Å². The van der Waals surface area contributed by atoms with E-state index in [1.807, 2.05) is 11.7 Å². The maximum Gasteiger partial charge on any atom is 0.0628 e. The van der Waals surface area contributed by atoms with E-state index in [1.165, 1.54) is 30.7 Å². The largest absolute Gasteiger partial charge is 0.316 e. The molecule has 0 spiro atoms.